The van der Waals surface area contributed by atoms with Gasteiger partial charge in [0.2, 0.25) is 0 Å². The van der Waals surface area contributed by atoms with E-state index in [1.54, 1.807) is 0 Å². The van der Waals surface area contributed by atoms with E-state index in [1.807, 2.05) is 11.8 Å². The lowest BCUT2D eigenvalue weighted by Crippen LogP contribution is -2.29. The average molecular weight is 349 g/mol. The van der Waals surface area contributed by atoms with Gasteiger partial charge in [-0.05, 0) is 55.2 Å². The molecule has 0 amide bonds. The first-order valence-corrected chi connectivity index (χ1v) is 10.1. The zero-order valence-electron chi connectivity index (χ0n) is 14.7. The molecule has 1 aliphatic rings. The lowest BCUT2D eigenvalue weighted by Gasteiger charge is -2.29. The Morgan fingerprint density at radius 3 is 2.64 bits per heavy atom. The molecule has 0 N–H and O–H groups in total. The van der Waals surface area contributed by atoms with Crippen molar-refractivity contribution in [1.82, 2.24) is 4.98 Å². The third-order valence-corrected chi connectivity index (χ3v) is 5.94. The molecule has 1 saturated heterocycles. The van der Waals surface area contributed by atoms with Crippen molar-refractivity contribution in [2.75, 3.05) is 18.0 Å². The number of benzene rings is 2. The summed E-state index contributed by atoms with van der Waals surface area (Å²) < 4.78 is 0. The Kier molecular flexibility index (Phi) is 4.93. The number of piperidine rings is 1. The minimum atomic E-state index is 0.913. The van der Waals surface area contributed by atoms with Crippen LogP contribution in [0.4, 0.5) is 5.69 Å². The molecule has 3 heteroatoms. The summed E-state index contributed by atoms with van der Waals surface area (Å²) in [5, 5.41) is 2.64. The number of fused-ring (bicyclic) bond motifs is 1. The predicted octanol–water partition coefficient (Wildman–Crippen LogP) is 5.83. The normalized spacial score (nSPS) is 14.8. The van der Waals surface area contributed by atoms with Gasteiger partial charge in [-0.2, -0.15) is 0 Å². The zero-order valence-corrected chi connectivity index (χ0v) is 15.6. The smallest absolute Gasteiger partial charge is 0.0530 e. The predicted molar refractivity (Wildman–Crippen MR) is 109 cm³/mol. The van der Waals surface area contributed by atoms with Crippen LogP contribution in [-0.2, 0) is 5.75 Å². The van der Waals surface area contributed by atoms with Crippen molar-refractivity contribution < 1.29 is 0 Å². The first-order chi connectivity index (χ1) is 12.3. The van der Waals surface area contributed by atoms with E-state index in [9.17, 15) is 0 Å². The van der Waals surface area contributed by atoms with Crippen LogP contribution in [0, 0.1) is 6.92 Å². The molecule has 1 aliphatic heterocycles. The van der Waals surface area contributed by atoms with Crippen LogP contribution in [0.5, 0.6) is 0 Å². The molecule has 0 atom stereocenters. The van der Waals surface area contributed by atoms with Crippen LogP contribution in [0.3, 0.4) is 0 Å². The molecule has 3 aromatic rings. The second kappa shape index (κ2) is 7.49. The van der Waals surface area contributed by atoms with E-state index in [0.717, 1.165) is 11.4 Å². The van der Waals surface area contributed by atoms with Crippen molar-refractivity contribution in [2.45, 2.75) is 36.8 Å². The van der Waals surface area contributed by atoms with E-state index < -0.39 is 0 Å². The van der Waals surface area contributed by atoms with Crippen LogP contribution in [0.15, 0.2) is 59.5 Å². The van der Waals surface area contributed by atoms with Gasteiger partial charge < -0.3 is 4.90 Å². The van der Waals surface area contributed by atoms with Gasteiger partial charge >= 0.3 is 0 Å². The quantitative estimate of drug-likeness (QED) is 0.552. The summed E-state index contributed by atoms with van der Waals surface area (Å²) in [5.41, 5.74) is 3.65. The lowest BCUT2D eigenvalue weighted by molar-refractivity contribution is 0.577. The molecule has 2 heterocycles. The molecule has 0 spiro atoms. The van der Waals surface area contributed by atoms with Crippen LogP contribution in [0.25, 0.3) is 10.8 Å². The Balaban J connectivity index is 1.55. The van der Waals surface area contributed by atoms with Gasteiger partial charge in [0.15, 0.2) is 0 Å². The number of aromatic nitrogens is 1. The fourth-order valence-corrected chi connectivity index (χ4v) is 4.57. The van der Waals surface area contributed by atoms with Crippen molar-refractivity contribution in [1.29, 1.82) is 0 Å². The summed E-state index contributed by atoms with van der Waals surface area (Å²) in [7, 11) is 0. The first-order valence-electron chi connectivity index (χ1n) is 9.13. The molecule has 2 aromatic carbocycles. The molecule has 4 rings (SSSR count). The van der Waals surface area contributed by atoms with Crippen molar-refractivity contribution >= 4 is 28.2 Å². The van der Waals surface area contributed by atoms with Gasteiger partial charge in [0.05, 0.1) is 5.69 Å². The fourth-order valence-electron chi connectivity index (χ4n) is 3.60. The van der Waals surface area contributed by atoms with Crippen LogP contribution in [0.1, 0.15) is 30.7 Å². The third kappa shape index (κ3) is 3.82. The second-order valence-electron chi connectivity index (χ2n) is 6.77. The highest BCUT2D eigenvalue weighted by Gasteiger charge is 2.13. The summed E-state index contributed by atoms with van der Waals surface area (Å²) >= 11 is 1.89. The Hall–Kier alpha value is -2.00. The standard InChI is InChI=1S/C22H24N2S/c1-17-14-20(24-12-5-2-6-13-24)15-19(23-17)16-25-22-11-7-9-18-8-3-4-10-21(18)22/h3-4,7-11,14-15H,2,5-6,12-13,16H2,1H3. The monoisotopic (exact) mass is 348 g/mol. The Bertz CT molecular complexity index is 864. The van der Waals surface area contributed by atoms with Crippen molar-refractivity contribution in [3.8, 4) is 0 Å². The van der Waals surface area contributed by atoms with Crippen LogP contribution in [-0.4, -0.2) is 18.1 Å². The average Bonchev–Trinajstić information content (AvgIpc) is 2.66. The van der Waals surface area contributed by atoms with Gasteiger partial charge in [-0.25, -0.2) is 0 Å². The molecule has 1 aromatic heterocycles. The lowest BCUT2D eigenvalue weighted by atomic mass is 10.1. The maximum atomic E-state index is 4.78. The third-order valence-electron chi connectivity index (χ3n) is 4.84. The minimum absolute atomic E-state index is 0.913. The van der Waals surface area contributed by atoms with Gasteiger partial charge in [-0.15, -0.1) is 11.8 Å². The van der Waals surface area contributed by atoms with Gasteiger partial charge in [0.25, 0.3) is 0 Å². The molecule has 0 radical (unpaired) electrons. The van der Waals surface area contributed by atoms with Crippen molar-refractivity contribution in [3.05, 3.63) is 66.0 Å². The Morgan fingerprint density at radius 1 is 0.960 bits per heavy atom. The number of hydrogen-bond donors (Lipinski definition) is 0. The molecule has 0 unspecified atom stereocenters. The number of thioether (sulfide) groups is 1. The Labute approximate surface area is 154 Å². The zero-order chi connectivity index (χ0) is 17.1. The summed E-state index contributed by atoms with van der Waals surface area (Å²) in [6.07, 6.45) is 3.98. The number of hydrogen-bond acceptors (Lipinski definition) is 3. The van der Waals surface area contributed by atoms with E-state index in [2.05, 4.69) is 66.4 Å². The topological polar surface area (TPSA) is 16.1 Å². The summed E-state index contributed by atoms with van der Waals surface area (Å²) in [4.78, 5) is 8.63. The van der Waals surface area contributed by atoms with E-state index >= 15 is 0 Å². The van der Waals surface area contributed by atoms with E-state index in [0.29, 0.717) is 0 Å². The first kappa shape index (κ1) is 16.5. The summed E-state index contributed by atoms with van der Waals surface area (Å²) in [5.74, 6) is 0.913. The SMILES string of the molecule is Cc1cc(N2CCCCC2)cc(CSc2cccc3ccccc23)n1. The number of rotatable bonds is 4. The molecule has 0 aliphatic carbocycles. The molecule has 25 heavy (non-hydrogen) atoms. The highest BCUT2D eigenvalue weighted by Crippen LogP contribution is 2.31. The maximum Gasteiger partial charge on any atom is 0.0530 e. The van der Waals surface area contributed by atoms with Gasteiger partial charge in [0.1, 0.15) is 0 Å². The number of pyridine rings is 1. The van der Waals surface area contributed by atoms with Gasteiger partial charge in [-0.1, -0.05) is 36.4 Å². The van der Waals surface area contributed by atoms with Crippen molar-refractivity contribution in [2.24, 2.45) is 0 Å². The molecule has 1 fully saturated rings. The number of aryl methyl sites for hydroxylation is 1. The molecular formula is C22H24N2S. The van der Waals surface area contributed by atoms with E-state index in [-0.39, 0.29) is 0 Å². The molecule has 0 bridgehead atoms. The van der Waals surface area contributed by atoms with Gasteiger partial charge in [0, 0.05) is 35.1 Å². The maximum absolute atomic E-state index is 4.78. The van der Waals surface area contributed by atoms with Crippen LogP contribution >= 0.6 is 11.8 Å². The molecule has 0 saturated carbocycles. The summed E-state index contributed by atoms with van der Waals surface area (Å²) in [6.45, 7) is 4.47. The van der Waals surface area contributed by atoms with Gasteiger partial charge in [-0.3, -0.25) is 4.98 Å². The van der Waals surface area contributed by atoms with Crippen LogP contribution < -0.4 is 4.90 Å². The van der Waals surface area contributed by atoms with Crippen molar-refractivity contribution in [3.63, 3.8) is 0 Å². The molecule has 128 valence electrons. The second-order valence-corrected chi connectivity index (χ2v) is 7.79. The van der Waals surface area contributed by atoms with E-state index in [4.69, 9.17) is 4.98 Å². The Morgan fingerprint density at radius 2 is 1.76 bits per heavy atom. The van der Waals surface area contributed by atoms with E-state index in [1.165, 1.54) is 59.4 Å². The summed E-state index contributed by atoms with van der Waals surface area (Å²) in [6, 6.07) is 19.7. The minimum Gasteiger partial charge on any atom is -0.371 e. The number of nitrogens with zero attached hydrogens (tertiary/aromatic N) is 2. The number of anilines is 1. The highest BCUT2D eigenvalue weighted by atomic mass is 32.2. The largest absolute Gasteiger partial charge is 0.371 e. The highest BCUT2D eigenvalue weighted by molar-refractivity contribution is 7.98. The van der Waals surface area contributed by atoms with Crippen LogP contribution in [0.2, 0.25) is 0 Å². The molecular weight excluding hydrogens is 324 g/mol. The fraction of sp³-hybridized carbons (Fsp3) is 0.318. The molecule has 2 nitrogen and oxygen atoms in total.